The van der Waals surface area contributed by atoms with E-state index in [0.717, 1.165) is 25.1 Å². The maximum absolute atomic E-state index is 13.5. The number of hydrogen-bond donors (Lipinski definition) is 1. The van der Waals surface area contributed by atoms with Crippen LogP contribution < -0.4 is 10.1 Å². The lowest BCUT2D eigenvalue weighted by molar-refractivity contribution is 0.288. The monoisotopic (exact) mass is 257 g/mol. The Morgan fingerprint density at radius 1 is 1.11 bits per heavy atom. The SMILES string of the molecule is Fc1ccccc1OCc1cccc2c1CCNC2. The van der Waals surface area contributed by atoms with Gasteiger partial charge in [-0.3, -0.25) is 0 Å². The van der Waals surface area contributed by atoms with Gasteiger partial charge in [-0.15, -0.1) is 0 Å². The molecule has 3 rings (SSSR count). The zero-order valence-corrected chi connectivity index (χ0v) is 10.7. The van der Waals surface area contributed by atoms with Gasteiger partial charge in [-0.05, 0) is 41.8 Å². The Bertz CT molecular complexity index is 583. The van der Waals surface area contributed by atoms with Gasteiger partial charge in [0.05, 0.1) is 0 Å². The third kappa shape index (κ3) is 2.61. The molecule has 0 aromatic heterocycles. The molecule has 0 unspecified atom stereocenters. The van der Waals surface area contributed by atoms with Crippen LogP contribution in [0.5, 0.6) is 5.75 Å². The van der Waals surface area contributed by atoms with Crippen molar-refractivity contribution in [3.05, 3.63) is 65.0 Å². The Morgan fingerprint density at radius 3 is 2.89 bits per heavy atom. The van der Waals surface area contributed by atoms with E-state index < -0.39 is 0 Å². The van der Waals surface area contributed by atoms with Gasteiger partial charge >= 0.3 is 0 Å². The molecule has 1 aliphatic rings. The topological polar surface area (TPSA) is 21.3 Å². The Labute approximate surface area is 112 Å². The summed E-state index contributed by atoms with van der Waals surface area (Å²) < 4.78 is 19.1. The molecule has 0 spiro atoms. The molecule has 0 amide bonds. The molecule has 0 fully saturated rings. The van der Waals surface area contributed by atoms with E-state index in [-0.39, 0.29) is 5.82 Å². The zero-order valence-electron chi connectivity index (χ0n) is 10.7. The van der Waals surface area contributed by atoms with E-state index in [2.05, 4.69) is 17.4 Å². The normalized spacial score (nSPS) is 13.9. The number of fused-ring (bicyclic) bond motifs is 1. The lowest BCUT2D eigenvalue weighted by atomic mass is 9.96. The summed E-state index contributed by atoms with van der Waals surface area (Å²) in [5.74, 6) is 0.00278. The molecule has 1 N–H and O–H groups in total. The highest BCUT2D eigenvalue weighted by Crippen LogP contribution is 2.22. The van der Waals surface area contributed by atoms with Crippen LogP contribution in [0.1, 0.15) is 16.7 Å². The summed E-state index contributed by atoms with van der Waals surface area (Å²) in [5, 5.41) is 3.35. The van der Waals surface area contributed by atoms with Crippen LogP contribution in [0.3, 0.4) is 0 Å². The van der Waals surface area contributed by atoms with Gasteiger partial charge in [-0.2, -0.15) is 0 Å². The molecule has 2 aromatic rings. The lowest BCUT2D eigenvalue weighted by Gasteiger charge is -2.20. The highest BCUT2D eigenvalue weighted by molar-refractivity contribution is 5.37. The van der Waals surface area contributed by atoms with E-state index in [1.165, 1.54) is 17.2 Å². The summed E-state index contributed by atoms with van der Waals surface area (Å²) >= 11 is 0. The third-order valence-electron chi connectivity index (χ3n) is 3.46. The van der Waals surface area contributed by atoms with Crippen LogP contribution in [0.25, 0.3) is 0 Å². The average Bonchev–Trinajstić information content (AvgIpc) is 2.46. The van der Waals surface area contributed by atoms with Gasteiger partial charge in [-0.1, -0.05) is 30.3 Å². The van der Waals surface area contributed by atoms with Crippen LogP contribution in [-0.2, 0) is 19.6 Å². The van der Waals surface area contributed by atoms with Crippen molar-refractivity contribution in [2.75, 3.05) is 6.54 Å². The fourth-order valence-electron chi connectivity index (χ4n) is 2.46. The molecule has 98 valence electrons. The van der Waals surface area contributed by atoms with Crippen molar-refractivity contribution in [3.63, 3.8) is 0 Å². The van der Waals surface area contributed by atoms with Gasteiger partial charge < -0.3 is 10.1 Å². The summed E-state index contributed by atoms with van der Waals surface area (Å²) in [6.07, 6.45) is 1.01. The maximum atomic E-state index is 13.5. The van der Waals surface area contributed by atoms with Crippen molar-refractivity contribution in [1.29, 1.82) is 0 Å². The number of rotatable bonds is 3. The molecule has 3 heteroatoms. The first kappa shape index (κ1) is 12.2. The summed E-state index contributed by atoms with van der Waals surface area (Å²) in [5.41, 5.74) is 3.82. The van der Waals surface area contributed by atoms with E-state index >= 15 is 0 Å². The number of benzene rings is 2. The van der Waals surface area contributed by atoms with Gasteiger partial charge in [-0.25, -0.2) is 4.39 Å². The molecular weight excluding hydrogens is 241 g/mol. The standard InChI is InChI=1S/C16H16FNO/c17-15-6-1-2-7-16(15)19-11-13-5-3-4-12-10-18-9-8-14(12)13/h1-7,18H,8-11H2. The van der Waals surface area contributed by atoms with E-state index in [4.69, 9.17) is 4.74 Å². The zero-order chi connectivity index (χ0) is 13.1. The second kappa shape index (κ2) is 5.41. The molecule has 2 nitrogen and oxygen atoms in total. The average molecular weight is 257 g/mol. The van der Waals surface area contributed by atoms with Crippen LogP contribution in [0.2, 0.25) is 0 Å². The largest absolute Gasteiger partial charge is 0.486 e. The first-order valence-electron chi connectivity index (χ1n) is 6.52. The fraction of sp³-hybridized carbons (Fsp3) is 0.250. The summed E-state index contributed by atoms with van der Waals surface area (Å²) in [6.45, 7) is 2.32. The predicted molar refractivity (Wildman–Crippen MR) is 72.6 cm³/mol. The minimum atomic E-state index is -0.311. The molecule has 0 saturated carbocycles. The van der Waals surface area contributed by atoms with E-state index in [9.17, 15) is 4.39 Å². The van der Waals surface area contributed by atoms with Gasteiger partial charge in [0.2, 0.25) is 0 Å². The maximum Gasteiger partial charge on any atom is 0.165 e. The first-order chi connectivity index (χ1) is 9.34. The van der Waals surface area contributed by atoms with Crippen LogP contribution in [-0.4, -0.2) is 6.54 Å². The van der Waals surface area contributed by atoms with Crippen molar-refractivity contribution >= 4 is 0 Å². The molecule has 0 aliphatic carbocycles. The van der Waals surface area contributed by atoms with Crippen LogP contribution in [0.4, 0.5) is 4.39 Å². The Morgan fingerprint density at radius 2 is 2.00 bits per heavy atom. The number of ether oxygens (including phenoxy) is 1. The van der Waals surface area contributed by atoms with E-state index in [1.807, 2.05) is 6.07 Å². The first-order valence-corrected chi connectivity index (χ1v) is 6.52. The highest BCUT2D eigenvalue weighted by Gasteiger charge is 2.13. The fourth-order valence-corrected chi connectivity index (χ4v) is 2.46. The van der Waals surface area contributed by atoms with Crippen LogP contribution in [0, 0.1) is 5.82 Å². The number of hydrogen-bond acceptors (Lipinski definition) is 2. The van der Waals surface area contributed by atoms with Gasteiger partial charge in [0.1, 0.15) is 6.61 Å². The Kier molecular flexibility index (Phi) is 3.47. The second-order valence-electron chi connectivity index (χ2n) is 4.70. The minimum Gasteiger partial charge on any atom is -0.486 e. The molecule has 2 aromatic carbocycles. The molecule has 19 heavy (non-hydrogen) atoms. The lowest BCUT2D eigenvalue weighted by Crippen LogP contribution is -2.24. The summed E-state index contributed by atoms with van der Waals surface area (Å²) in [6, 6.07) is 12.7. The smallest absolute Gasteiger partial charge is 0.165 e. The van der Waals surface area contributed by atoms with Gasteiger partial charge in [0.25, 0.3) is 0 Å². The Balaban J connectivity index is 1.79. The van der Waals surface area contributed by atoms with Crippen molar-refractivity contribution < 1.29 is 9.13 Å². The summed E-state index contributed by atoms with van der Waals surface area (Å²) in [4.78, 5) is 0. The van der Waals surface area contributed by atoms with Crippen LogP contribution >= 0.6 is 0 Å². The molecular formula is C16H16FNO. The van der Waals surface area contributed by atoms with Gasteiger partial charge in [0, 0.05) is 6.54 Å². The third-order valence-corrected chi connectivity index (χ3v) is 3.46. The summed E-state index contributed by atoms with van der Waals surface area (Å²) in [7, 11) is 0. The molecule has 0 atom stereocenters. The number of para-hydroxylation sites is 1. The molecule has 0 saturated heterocycles. The second-order valence-corrected chi connectivity index (χ2v) is 4.70. The quantitative estimate of drug-likeness (QED) is 0.912. The van der Waals surface area contributed by atoms with Crippen LogP contribution in [0.15, 0.2) is 42.5 Å². The number of halogens is 1. The molecule has 1 heterocycles. The van der Waals surface area contributed by atoms with Crippen molar-refractivity contribution in [2.24, 2.45) is 0 Å². The van der Waals surface area contributed by atoms with Crippen molar-refractivity contribution in [2.45, 2.75) is 19.6 Å². The van der Waals surface area contributed by atoms with Crippen molar-refractivity contribution in [1.82, 2.24) is 5.32 Å². The van der Waals surface area contributed by atoms with E-state index in [0.29, 0.717) is 12.4 Å². The van der Waals surface area contributed by atoms with E-state index in [1.54, 1.807) is 18.2 Å². The van der Waals surface area contributed by atoms with Crippen molar-refractivity contribution in [3.8, 4) is 5.75 Å². The number of nitrogens with one attached hydrogen (secondary N) is 1. The molecule has 0 bridgehead atoms. The van der Waals surface area contributed by atoms with Gasteiger partial charge in [0.15, 0.2) is 11.6 Å². The molecule has 1 aliphatic heterocycles. The highest BCUT2D eigenvalue weighted by atomic mass is 19.1. The Hall–Kier alpha value is -1.87. The minimum absolute atomic E-state index is 0.311. The predicted octanol–water partition coefficient (Wildman–Crippen LogP) is 3.05. The molecule has 0 radical (unpaired) electrons.